The van der Waals surface area contributed by atoms with Crippen LogP contribution in [0.25, 0.3) is 0 Å². The number of nitrogens with zero attached hydrogens (tertiary/aromatic N) is 2. The molecule has 2 N–H and O–H groups in total. The topological polar surface area (TPSA) is 127 Å². The quantitative estimate of drug-likeness (QED) is 0.201. The van der Waals surface area contributed by atoms with Crippen LogP contribution in [-0.2, 0) is 30.3 Å². The Hall–Kier alpha value is -4.90. The van der Waals surface area contributed by atoms with Crippen molar-refractivity contribution in [2.24, 2.45) is 0 Å². The number of ether oxygens (including phenoxy) is 2. The zero-order valence-corrected chi connectivity index (χ0v) is 27.2. The minimum atomic E-state index is -0.901. The van der Waals surface area contributed by atoms with Crippen LogP contribution in [0.15, 0.2) is 108 Å². The molecule has 0 aliphatic carbocycles. The molecule has 0 spiro atoms. The van der Waals surface area contributed by atoms with E-state index in [4.69, 9.17) is 9.47 Å². The molecule has 0 radical (unpaired) electrons. The van der Waals surface area contributed by atoms with Gasteiger partial charge in [0.1, 0.15) is 22.7 Å². The molecule has 0 saturated carbocycles. The Balaban J connectivity index is 1.43. The third-order valence-electron chi connectivity index (χ3n) is 8.03. The normalized spacial score (nSPS) is 20.3. The van der Waals surface area contributed by atoms with Gasteiger partial charge in [0.25, 0.3) is 5.91 Å². The number of benzene rings is 2. The lowest BCUT2D eigenvalue weighted by Crippen LogP contribution is -2.70. The van der Waals surface area contributed by atoms with E-state index in [1.807, 2.05) is 72.8 Å². The van der Waals surface area contributed by atoms with Gasteiger partial charge in [0.2, 0.25) is 5.91 Å². The van der Waals surface area contributed by atoms with Crippen LogP contribution in [0, 0.1) is 0 Å². The first-order valence-corrected chi connectivity index (χ1v) is 16.5. The van der Waals surface area contributed by atoms with E-state index in [-0.39, 0.29) is 11.6 Å². The summed E-state index contributed by atoms with van der Waals surface area (Å²) in [4.78, 5) is 59.8. The summed E-state index contributed by atoms with van der Waals surface area (Å²) in [5.74, 6) is -1.06. The van der Waals surface area contributed by atoms with Gasteiger partial charge in [-0.15, -0.1) is 11.8 Å². The van der Waals surface area contributed by atoms with E-state index in [0.717, 1.165) is 16.7 Å². The predicted octanol–water partition coefficient (Wildman–Crippen LogP) is 4.84. The molecule has 2 aromatic carbocycles. The van der Waals surface area contributed by atoms with Crippen molar-refractivity contribution in [1.82, 2.24) is 20.5 Å². The summed E-state index contributed by atoms with van der Waals surface area (Å²) in [5.41, 5.74) is 3.48. The summed E-state index contributed by atoms with van der Waals surface area (Å²) in [6, 6.07) is 21.6. The Morgan fingerprint density at radius 2 is 1.70 bits per heavy atom. The van der Waals surface area contributed by atoms with Crippen molar-refractivity contribution in [3.05, 3.63) is 124 Å². The Labute approximate surface area is 277 Å². The highest BCUT2D eigenvalue weighted by Gasteiger charge is 2.55. The van der Waals surface area contributed by atoms with E-state index >= 15 is 0 Å². The van der Waals surface area contributed by atoms with Crippen LogP contribution in [0.4, 0.5) is 4.79 Å². The number of thioether (sulfide) groups is 1. The van der Waals surface area contributed by atoms with Crippen molar-refractivity contribution in [2.75, 3.05) is 12.3 Å². The number of hydrogen-bond acceptors (Lipinski definition) is 8. The van der Waals surface area contributed by atoms with Gasteiger partial charge in [-0.2, -0.15) is 0 Å². The maximum atomic E-state index is 14.5. The lowest BCUT2D eigenvalue weighted by molar-refractivity contribution is -0.153. The van der Waals surface area contributed by atoms with Crippen LogP contribution in [0.5, 0.6) is 0 Å². The number of pyridine rings is 1. The molecule has 0 unspecified atom stereocenters. The van der Waals surface area contributed by atoms with Crippen molar-refractivity contribution in [3.63, 3.8) is 0 Å². The van der Waals surface area contributed by atoms with E-state index in [2.05, 4.69) is 15.6 Å². The van der Waals surface area contributed by atoms with Gasteiger partial charge in [0, 0.05) is 30.3 Å². The summed E-state index contributed by atoms with van der Waals surface area (Å²) in [6.45, 7) is 5.70. The number of nitrogens with one attached hydrogen (secondary N) is 2. The average Bonchev–Trinajstić information content (AvgIpc) is 3.50. The van der Waals surface area contributed by atoms with E-state index in [1.54, 1.807) is 33.2 Å². The number of alkyl carbamates (subject to hydrolysis) is 1. The Kier molecular flexibility index (Phi) is 9.17. The summed E-state index contributed by atoms with van der Waals surface area (Å²) in [5, 5.41) is 5.00. The summed E-state index contributed by atoms with van der Waals surface area (Å²) in [7, 11) is 0. The van der Waals surface area contributed by atoms with Crippen LogP contribution >= 0.6 is 11.8 Å². The first-order chi connectivity index (χ1) is 22.6. The second kappa shape index (κ2) is 13.4. The van der Waals surface area contributed by atoms with E-state index in [0.29, 0.717) is 41.9 Å². The minimum Gasteiger partial charge on any atom is -0.448 e. The predicted molar refractivity (Wildman–Crippen MR) is 177 cm³/mol. The summed E-state index contributed by atoms with van der Waals surface area (Å²) >= 11 is 1.41. The molecule has 11 heteroatoms. The lowest BCUT2D eigenvalue weighted by Gasteiger charge is -2.50. The number of rotatable bonds is 8. The molecule has 3 aliphatic rings. The van der Waals surface area contributed by atoms with Gasteiger partial charge in [0.05, 0.1) is 0 Å². The highest BCUT2D eigenvalue weighted by atomic mass is 32.2. The molecule has 2 saturated heterocycles. The number of allylic oxidation sites excluding steroid dienone is 1. The number of esters is 1. The smallest absolute Gasteiger partial charge is 0.408 e. The lowest BCUT2D eigenvalue weighted by atomic mass is 9.90. The molecule has 2 atom stereocenters. The Morgan fingerprint density at radius 1 is 1.02 bits per heavy atom. The van der Waals surface area contributed by atoms with Crippen LogP contribution in [0.1, 0.15) is 50.0 Å². The highest BCUT2D eigenvalue weighted by molar-refractivity contribution is 8.00. The standard InChI is InChI=1S/C36H36N4O6S/c1-36(2,3)46-35(44)39-28-32(42)40-29(34(43)45-30(23-12-6-4-7-13-23)24-14-8-5-9-15-24)27(21-47-33(28)40)26(25-16-18-38-31(25)41)19-22-11-10-17-37-20-22/h4-15,17,20,28,30,33H,16,18-19,21H2,1-3H3,(H,38,41)(H,39,44)/t28-,33-/m1/s1. The molecule has 3 aromatic rings. The van der Waals surface area contributed by atoms with Crippen LogP contribution < -0.4 is 10.6 Å². The Bertz CT molecular complexity index is 1700. The van der Waals surface area contributed by atoms with Crippen molar-refractivity contribution < 1.29 is 28.7 Å². The fraction of sp³-hybridized carbons (Fsp3) is 0.306. The highest BCUT2D eigenvalue weighted by Crippen LogP contribution is 2.45. The molecule has 3 amide bonds. The van der Waals surface area contributed by atoms with Crippen LogP contribution in [0.2, 0.25) is 0 Å². The SMILES string of the molecule is CC(C)(C)OC(=O)N[C@@H]1C(=O)N2C(C(=O)OC(c3ccccc3)c3ccccc3)=C(C(Cc3cccnc3)=C3CCNC3=O)CS[C@H]12. The molecule has 2 fully saturated rings. The largest absolute Gasteiger partial charge is 0.448 e. The number of β-lactam (4-membered cyclic amide) rings is 1. The fourth-order valence-corrected chi connectivity index (χ4v) is 7.32. The molecular formula is C36H36N4O6S. The summed E-state index contributed by atoms with van der Waals surface area (Å²) < 4.78 is 11.7. The van der Waals surface area contributed by atoms with Gasteiger partial charge in [-0.3, -0.25) is 19.5 Å². The third-order valence-corrected chi connectivity index (χ3v) is 9.31. The molecular weight excluding hydrogens is 616 g/mol. The molecule has 242 valence electrons. The number of amides is 3. The number of carbonyl (C=O) groups excluding carboxylic acids is 4. The van der Waals surface area contributed by atoms with E-state index in [1.165, 1.54) is 16.7 Å². The summed E-state index contributed by atoms with van der Waals surface area (Å²) in [6.07, 6.45) is 2.72. The molecule has 4 heterocycles. The fourth-order valence-electron chi connectivity index (χ4n) is 5.93. The van der Waals surface area contributed by atoms with E-state index in [9.17, 15) is 19.2 Å². The van der Waals surface area contributed by atoms with E-state index < -0.39 is 41.1 Å². The van der Waals surface area contributed by atoms with Crippen molar-refractivity contribution >= 4 is 35.6 Å². The zero-order valence-electron chi connectivity index (χ0n) is 26.4. The van der Waals surface area contributed by atoms with Crippen molar-refractivity contribution in [1.29, 1.82) is 0 Å². The van der Waals surface area contributed by atoms with Gasteiger partial charge >= 0.3 is 12.1 Å². The second-order valence-corrected chi connectivity index (χ2v) is 13.6. The van der Waals surface area contributed by atoms with Gasteiger partial charge in [0.15, 0.2) is 6.10 Å². The average molecular weight is 653 g/mol. The first kappa shape index (κ1) is 32.1. The molecule has 47 heavy (non-hydrogen) atoms. The maximum absolute atomic E-state index is 14.5. The third kappa shape index (κ3) is 6.95. The van der Waals surface area contributed by atoms with Gasteiger partial charge < -0.3 is 20.1 Å². The number of aromatic nitrogens is 1. The van der Waals surface area contributed by atoms with Gasteiger partial charge in [-0.25, -0.2) is 9.59 Å². The molecule has 1 aromatic heterocycles. The van der Waals surface area contributed by atoms with Crippen molar-refractivity contribution in [3.8, 4) is 0 Å². The maximum Gasteiger partial charge on any atom is 0.408 e. The van der Waals surface area contributed by atoms with Crippen LogP contribution in [-0.4, -0.2) is 63.1 Å². The molecule has 10 nitrogen and oxygen atoms in total. The van der Waals surface area contributed by atoms with Gasteiger partial charge in [-0.05, 0) is 67.5 Å². The number of fused-ring (bicyclic) bond motifs is 1. The molecule has 3 aliphatic heterocycles. The second-order valence-electron chi connectivity index (χ2n) is 12.5. The number of hydrogen-bond donors (Lipinski definition) is 2. The van der Waals surface area contributed by atoms with Crippen molar-refractivity contribution in [2.45, 2.75) is 56.7 Å². The molecule has 6 rings (SSSR count). The molecule has 0 bridgehead atoms. The first-order valence-electron chi connectivity index (χ1n) is 15.5. The zero-order chi connectivity index (χ0) is 33.1. The Morgan fingerprint density at radius 3 is 2.28 bits per heavy atom. The number of carbonyl (C=O) groups is 4. The van der Waals surface area contributed by atoms with Crippen LogP contribution in [0.3, 0.4) is 0 Å². The van der Waals surface area contributed by atoms with Gasteiger partial charge in [-0.1, -0.05) is 66.7 Å². The monoisotopic (exact) mass is 652 g/mol. The minimum absolute atomic E-state index is 0.0731.